The van der Waals surface area contributed by atoms with Crippen LogP contribution in [0.5, 0.6) is 0 Å². The Morgan fingerprint density at radius 1 is 1.15 bits per heavy atom. The van der Waals surface area contributed by atoms with E-state index in [9.17, 15) is 8.42 Å². The summed E-state index contributed by atoms with van der Waals surface area (Å²) in [5.74, 6) is 0.454. The van der Waals surface area contributed by atoms with Gasteiger partial charge in [0.1, 0.15) is 5.25 Å². The van der Waals surface area contributed by atoms with Crippen molar-refractivity contribution in [3.05, 3.63) is 11.8 Å². The average molecular weight is 299 g/mol. The van der Waals surface area contributed by atoms with Gasteiger partial charge in [-0.3, -0.25) is 0 Å². The normalized spacial score (nSPS) is 29.2. The summed E-state index contributed by atoms with van der Waals surface area (Å²) in [7, 11) is -3.03. The second kappa shape index (κ2) is 5.70. The van der Waals surface area contributed by atoms with Crippen LogP contribution < -0.4 is 0 Å². The van der Waals surface area contributed by atoms with E-state index in [0.717, 1.165) is 31.6 Å². The molecule has 0 N–H and O–H groups in total. The van der Waals surface area contributed by atoms with Crippen LogP contribution in [-0.2, 0) is 9.84 Å². The minimum absolute atomic E-state index is 0.173. The van der Waals surface area contributed by atoms with Crippen LogP contribution in [0, 0.1) is 11.3 Å². The van der Waals surface area contributed by atoms with Crippen LogP contribution in [0.25, 0.3) is 0 Å². The molecule has 0 aromatic heterocycles. The van der Waals surface area contributed by atoms with Crippen molar-refractivity contribution in [1.82, 2.24) is 4.90 Å². The molecule has 0 aromatic carbocycles. The van der Waals surface area contributed by atoms with E-state index in [1.54, 1.807) is 0 Å². The van der Waals surface area contributed by atoms with Gasteiger partial charge >= 0.3 is 0 Å². The first-order valence-electron chi connectivity index (χ1n) is 7.83. The zero-order valence-electron chi connectivity index (χ0n) is 13.4. The van der Waals surface area contributed by atoms with Crippen molar-refractivity contribution in [3.8, 4) is 0 Å². The number of piperidine rings is 1. The molecule has 2 rings (SSSR count). The Morgan fingerprint density at radius 3 is 2.25 bits per heavy atom. The van der Waals surface area contributed by atoms with Crippen LogP contribution in [0.2, 0.25) is 0 Å². The molecule has 0 bridgehead atoms. The molecule has 0 aromatic rings. The molecule has 0 saturated carbocycles. The standard InChI is InChI=1S/C16H29NO2S/c1-16(2,3)13-8-9-14(15(12-13)20(4,18)19)17-10-6-5-7-11-17/h9,13,15H,5-8,10-12H2,1-4H3. The smallest absolute Gasteiger partial charge is 0.155 e. The molecule has 0 amide bonds. The Kier molecular flexibility index (Phi) is 4.53. The lowest BCUT2D eigenvalue weighted by Crippen LogP contribution is -2.42. The fourth-order valence-electron chi connectivity index (χ4n) is 3.46. The summed E-state index contributed by atoms with van der Waals surface area (Å²) in [6.07, 6.45) is 9.08. The monoisotopic (exact) mass is 299 g/mol. The van der Waals surface area contributed by atoms with Crippen LogP contribution in [0.3, 0.4) is 0 Å². The van der Waals surface area contributed by atoms with E-state index in [0.29, 0.717) is 5.92 Å². The lowest BCUT2D eigenvalue weighted by Gasteiger charge is -2.41. The van der Waals surface area contributed by atoms with E-state index in [2.05, 4.69) is 31.7 Å². The summed E-state index contributed by atoms with van der Waals surface area (Å²) in [5.41, 5.74) is 1.26. The molecule has 0 radical (unpaired) electrons. The SMILES string of the molecule is CC(C)(C)C1CC=C(N2CCCCC2)C(S(C)(=O)=O)C1. The molecular weight excluding hydrogens is 270 g/mol. The van der Waals surface area contributed by atoms with Crippen molar-refractivity contribution < 1.29 is 8.42 Å². The average Bonchev–Trinajstić information content (AvgIpc) is 2.37. The van der Waals surface area contributed by atoms with Crippen LogP contribution in [0.4, 0.5) is 0 Å². The van der Waals surface area contributed by atoms with Gasteiger partial charge in [-0.25, -0.2) is 8.42 Å². The summed E-state index contributed by atoms with van der Waals surface area (Å²) in [4.78, 5) is 2.33. The Bertz CT molecular complexity index is 467. The summed E-state index contributed by atoms with van der Waals surface area (Å²) in [5, 5.41) is -0.293. The molecule has 1 fully saturated rings. The Hall–Kier alpha value is -0.510. The van der Waals surface area contributed by atoms with Gasteiger partial charge in [0.2, 0.25) is 0 Å². The van der Waals surface area contributed by atoms with E-state index in [1.165, 1.54) is 25.5 Å². The third-order valence-corrected chi connectivity index (χ3v) is 6.37. The molecule has 116 valence electrons. The van der Waals surface area contributed by atoms with E-state index in [4.69, 9.17) is 0 Å². The molecular formula is C16H29NO2S. The van der Waals surface area contributed by atoms with Gasteiger partial charge in [-0.05, 0) is 43.4 Å². The van der Waals surface area contributed by atoms with E-state index >= 15 is 0 Å². The van der Waals surface area contributed by atoms with Crippen molar-refractivity contribution in [3.63, 3.8) is 0 Å². The second-order valence-electron chi connectivity index (χ2n) is 7.53. The number of allylic oxidation sites excluding steroid dienone is 1. The summed E-state index contributed by atoms with van der Waals surface area (Å²) in [6.45, 7) is 8.71. The van der Waals surface area contributed by atoms with Crippen molar-refractivity contribution in [2.24, 2.45) is 11.3 Å². The molecule has 3 nitrogen and oxygen atoms in total. The highest BCUT2D eigenvalue weighted by Crippen LogP contribution is 2.40. The number of rotatable bonds is 2. The van der Waals surface area contributed by atoms with Crippen LogP contribution in [0.1, 0.15) is 52.9 Å². The maximum Gasteiger partial charge on any atom is 0.155 e. The number of sulfone groups is 1. The Balaban J connectivity index is 2.26. The van der Waals surface area contributed by atoms with Crippen LogP contribution in [-0.4, -0.2) is 37.9 Å². The quantitative estimate of drug-likeness (QED) is 0.785. The minimum atomic E-state index is -3.03. The maximum atomic E-state index is 12.2. The first-order chi connectivity index (χ1) is 9.19. The predicted molar refractivity (Wildman–Crippen MR) is 84.3 cm³/mol. The highest BCUT2D eigenvalue weighted by molar-refractivity contribution is 7.91. The number of likely N-dealkylation sites (tertiary alicyclic amines) is 1. The lowest BCUT2D eigenvalue weighted by atomic mass is 9.73. The van der Waals surface area contributed by atoms with Gasteiger partial charge in [-0.15, -0.1) is 0 Å². The van der Waals surface area contributed by atoms with E-state index in [-0.39, 0.29) is 10.7 Å². The highest BCUT2D eigenvalue weighted by Gasteiger charge is 2.38. The third-order valence-electron chi connectivity index (χ3n) is 4.90. The predicted octanol–water partition coefficient (Wildman–Crippen LogP) is 3.23. The van der Waals surface area contributed by atoms with Gasteiger partial charge < -0.3 is 4.90 Å². The molecule has 1 heterocycles. The van der Waals surface area contributed by atoms with Crippen molar-refractivity contribution in [2.75, 3.05) is 19.3 Å². The molecule has 4 heteroatoms. The fourth-order valence-corrected chi connectivity index (χ4v) is 4.72. The van der Waals surface area contributed by atoms with Crippen molar-refractivity contribution in [2.45, 2.75) is 58.1 Å². The molecule has 20 heavy (non-hydrogen) atoms. The topological polar surface area (TPSA) is 37.4 Å². The number of hydrogen-bond acceptors (Lipinski definition) is 3. The molecule has 1 aliphatic carbocycles. The molecule has 2 atom stereocenters. The van der Waals surface area contributed by atoms with Crippen LogP contribution in [0.15, 0.2) is 11.8 Å². The van der Waals surface area contributed by atoms with Gasteiger partial charge in [0.25, 0.3) is 0 Å². The van der Waals surface area contributed by atoms with Crippen LogP contribution >= 0.6 is 0 Å². The Labute approximate surface area is 124 Å². The van der Waals surface area contributed by atoms with Gasteiger partial charge in [0.15, 0.2) is 9.84 Å². The maximum absolute atomic E-state index is 12.2. The molecule has 2 unspecified atom stereocenters. The zero-order valence-corrected chi connectivity index (χ0v) is 14.2. The van der Waals surface area contributed by atoms with Crippen molar-refractivity contribution in [1.29, 1.82) is 0 Å². The molecule has 2 aliphatic rings. The molecule has 1 aliphatic heterocycles. The number of hydrogen-bond donors (Lipinski definition) is 0. The zero-order chi connectivity index (χ0) is 15.0. The van der Waals surface area contributed by atoms with Gasteiger partial charge in [0.05, 0.1) is 0 Å². The third kappa shape index (κ3) is 3.57. The lowest BCUT2D eigenvalue weighted by molar-refractivity contribution is 0.199. The summed E-state index contributed by atoms with van der Waals surface area (Å²) >= 11 is 0. The first-order valence-corrected chi connectivity index (χ1v) is 9.79. The van der Waals surface area contributed by atoms with E-state index in [1.807, 2.05) is 0 Å². The van der Waals surface area contributed by atoms with Gasteiger partial charge in [-0.2, -0.15) is 0 Å². The first kappa shape index (κ1) is 15.9. The van der Waals surface area contributed by atoms with Crippen molar-refractivity contribution >= 4 is 9.84 Å². The summed E-state index contributed by atoms with van der Waals surface area (Å²) < 4.78 is 24.5. The minimum Gasteiger partial charge on any atom is -0.374 e. The molecule has 1 saturated heterocycles. The summed E-state index contributed by atoms with van der Waals surface area (Å²) in [6, 6.07) is 0. The Morgan fingerprint density at radius 2 is 1.75 bits per heavy atom. The molecule has 0 spiro atoms. The van der Waals surface area contributed by atoms with E-state index < -0.39 is 9.84 Å². The fraction of sp³-hybridized carbons (Fsp3) is 0.875. The second-order valence-corrected chi connectivity index (χ2v) is 9.76. The van der Waals surface area contributed by atoms with Gasteiger partial charge in [-0.1, -0.05) is 26.8 Å². The number of nitrogens with zero attached hydrogens (tertiary/aromatic N) is 1. The van der Waals surface area contributed by atoms with Gasteiger partial charge in [0, 0.05) is 25.0 Å². The largest absolute Gasteiger partial charge is 0.374 e. The highest BCUT2D eigenvalue weighted by atomic mass is 32.2.